The summed E-state index contributed by atoms with van der Waals surface area (Å²) in [6, 6.07) is -1.42. The standard InChI is InChI=1S/C12H21F2NO4/c1-11(2,3)19-10(18)15-7(8(16)17)6-12(4,5)9(13)14/h7,9H,6H2,1-5H3,(H,15,18)(H,16,17)/t7-/m1/s1. The third-order valence-corrected chi connectivity index (χ3v) is 2.31. The van der Waals surface area contributed by atoms with Gasteiger partial charge in [0, 0.05) is 5.41 Å². The molecule has 2 N–H and O–H groups in total. The Hall–Kier alpha value is -1.40. The van der Waals surface area contributed by atoms with Crippen molar-refractivity contribution in [1.82, 2.24) is 5.32 Å². The first kappa shape index (κ1) is 17.6. The molecule has 0 spiro atoms. The summed E-state index contributed by atoms with van der Waals surface area (Å²) < 4.78 is 30.3. The molecule has 0 saturated heterocycles. The van der Waals surface area contributed by atoms with Crippen molar-refractivity contribution < 1.29 is 28.2 Å². The number of hydrogen-bond acceptors (Lipinski definition) is 3. The number of halogens is 2. The van der Waals surface area contributed by atoms with E-state index in [1.165, 1.54) is 13.8 Å². The van der Waals surface area contributed by atoms with Crippen molar-refractivity contribution >= 4 is 12.1 Å². The van der Waals surface area contributed by atoms with Crippen LogP contribution in [0, 0.1) is 5.41 Å². The predicted molar refractivity (Wildman–Crippen MR) is 65.2 cm³/mol. The van der Waals surface area contributed by atoms with Crippen LogP contribution in [0.1, 0.15) is 41.0 Å². The van der Waals surface area contributed by atoms with Gasteiger partial charge in [-0.2, -0.15) is 0 Å². The number of amides is 1. The van der Waals surface area contributed by atoms with E-state index in [9.17, 15) is 18.4 Å². The van der Waals surface area contributed by atoms with Crippen LogP contribution in [0.25, 0.3) is 0 Å². The van der Waals surface area contributed by atoms with Gasteiger partial charge in [-0.25, -0.2) is 18.4 Å². The summed E-state index contributed by atoms with van der Waals surface area (Å²) in [5.74, 6) is -1.38. The molecule has 0 saturated carbocycles. The number of ether oxygens (including phenoxy) is 1. The highest BCUT2D eigenvalue weighted by Crippen LogP contribution is 2.30. The molecule has 0 aliphatic heterocycles. The maximum Gasteiger partial charge on any atom is 0.408 e. The van der Waals surface area contributed by atoms with E-state index in [1.54, 1.807) is 20.8 Å². The van der Waals surface area contributed by atoms with Gasteiger partial charge in [0.05, 0.1) is 0 Å². The average molecular weight is 281 g/mol. The lowest BCUT2D eigenvalue weighted by Gasteiger charge is -2.28. The van der Waals surface area contributed by atoms with Crippen LogP contribution in [-0.4, -0.2) is 35.2 Å². The molecular formula is C12H21F2NO4. The quantitative estimate of drug-likeness (QED) is 0.812. The average Bonchev–Trinajstić information content (AvgIpc) is 2.12. The third kappa shape index (κ3) is 6.93. The van der Waals surface area contributed by atoms with Gasteiger partial charge in [0.1, 0.15) is 11.6 Å². The lowest BCUT2D eigenvalue weighted by atomic mass is 9.86. The summed E-state index contributed by atoms with van der Waals surface area (Å²) in [6.45, 7) is 7.33. The fourth-order valence-electron chi connectivity index (χ4n) is 1.27. The minimum absolute atomic E-state index is 0.390. The molecule has 1 atom stereocenters. The summed E-state index contributed by atoms with van der Waals surface area (Å²) in [5, 5.41) is 11.0. The number of rotatable bonds is 5. The molecular weight excluding hydrogens is 260 g/mol. The van der Waals surface area contributed by atoms with Crippen LogP contribution in [-0.2, 0) is 9.53 Å². The second kappa shape index (κ2) is 6.16. The zero-order valence-electron chi connectivity index (χ0n) is 11.8. The molecule has 0 aliphatic carbocycles. The van der Waals surface area contributed by atoms with Crippen LogP contribution in [0.3, 0.4) is 0 Å². The van der Waals surface area contributed by atoms with Crippen LogP contribution >= 0.6 is 0 Å². The molecule has 0 aromatic rings. The molecule has 112 valence electrons. The lowest BCUT2D eigenvalue weighted by Crippen LogP contribution is -2.46. The molecule has 1 amide bonds. The highest BCUT2D eigenvalue weighted by Gasteiger charge is 2.36. The van der Waals surface area contributed by atoms with E-state index in [4.69, 9.17) is 9.84 Å². The topological polar surface area (TPSA) is 75.6 Å². The molecule has 0 aliphatic rings. The van der Waals surface area contributed by atoms with Gasteiger partial charge in [-0.3, -0.25) is 0 Å². The molecule has 0 bridgehead atoms. The number of nitrogens with one attached hydrogen (secondary N) is 1. The predicted octanol–water partition coefficient (Wildman–Crippen LogP) is 2.65. The third-order valence-electron chi connectivity index (χ3n) is 2.31. The van der Waals surface area contributed by atoms with Gasteiger partial charge in [-0.05, 0) is 27.2 Å². The van der Waals surface area contributed by atoms with Gasteiger partial charge in [0.2, 0.25) is 6.43 Å². The molecule has 19 heavy (non-hydrogen) atoms. The van der Waals surface area contributed by atoms with Gasteiger partial charge in [-0.1, -0.05) is 13.8 Å². The fourth-order valence-corrected chi connectivity index (χ4v) is 1.27. The molecule has 5 nitrogen and oxygen atoms in total. The van der Waals surface area contributed by atoms with Crippen molar-refractivity contribution in [2.24, 2.45) is 5.41 Å². The largest absolute Gasteiger partial charge is 0.480 e. The minimum Gasteiger partial charge on any atom is -0.480 e. The lowest BCUT2D eigenvalue weighted by molar-refractivity contribution is -0.141. The molecule has 7 heteroatoms. The SMILES string of the molecule is CC(C)(C)OC(=O)N[C@H](CC(C)(C)C(F)F)C(=O)O. The Labute approximate surface area is 111 Å². The summed E-state index contributed by atoms with van der Waals surface area (Å²) in [6.07, 6.45) is -4.01. The first-order valence-electron chi connectivity index (χ1n) is 5.85. The minimum atomic E-state index is -2.69. The monoisotopic (exact) mass is 281 g/mol. The van der Waals surface area contributed by atoms with E-state index in [2.05, 4.69) is 5.32 Å². The highest BCUT2D eigenvalue weighted by atomic mass is 19.3. The normalized spacial score (nSPS) is 14.1. The van der Waals surface area contributed by atoms with Gasteiger partial charge in [0.15, 0.2) is 0 Å². The fraction of sp³-hybridized carbons (Fsp3) is 0.833. The highest BCUT2D eigenvalue weighted by molar-refractivity contribution is 5.80. The summed E-state index contributed by atoms with van der Waals surface area (Å²) >= 11 is 0. The first-order valence-corrected chi connectivity index (χ1v) is 5.85. The first-order chi connectivity index (χ1) is 8.35. The second-order valence-corrected chi connectivity index (χ2v) is 6.03. The Morgan fingerprint density at radius 2 is 1.68 bits per heavy atom. The number of carboxylic acid groups (broad SMARTS) is 1. The van der Waals surface area contributed by atoms with Crippen molar-refractivity contribution in [2.45, 2.75) is 59.1 Å². The van der Waals surface area contributed by atoms with E-state index >= 15 is 0 Å². The number of hydrogen-bond donors (Lipinski definition) is 2. The summed E-state index contributed by atoms with van der Waals surface area (Å²) in [7, 11) is 0. The van der Waals surface area contributed by atoms with Crippen molar-refractivity contribution in [3.8, 4) is 0 Å². The Kier molecular flexibility index (Phi) is 5.71. The summed E-state index contributed by atoms with van der Waals surface area (Å²) in [4.78, 5) is 22.4. The Bertz CT molecular complexity index is 337. The number of carboxylic acids is 1. The maximum absolute atomic E-state index is 12.7. The number of aliphatic carboxylic acids is 1. The van der Waals surface area contributed by atoms with Crippen molar-refractivity contribution in [2.75, 3.05) is 0 Å². The van der Waals surface area contributed by atoms with E-state index in [-0.39, 0.29) is 6.42 Å². The number of alkyl carbamates (subject to hydrolysis) is 1. The van der Waals surface area contributed by atoms with Crippen LogP contribution < -0.4 is 5.32 Å². The van der Waals surface area contributed by atoms with Crippen LogP contribution in [0.2, 0.25) is 0 Å². The zero-order chi connectivity index (χ0) is 15.4. The maximum atomic E-state index is 12.7. The van der Waals surface area contributed by atoms with E-state index in [1.807, 2.05) is 0 Å². The second-order valence-electron chi connectivity index (χ2n) is 6.03. The van der Waals surface area contributed by atoms with Crippen LogP contribution in [0.4, 0.5) is 13.6 Å². The molecule has 0 radical (unpaired) electrons. The van der Waals surface area contributed by atoms with Crippen LogP contribution in [0.5, 0.6) is 0 Å². The van der Waals surface area contributed by atoms with Crippen LogP contribution in [0.15, 0.2) is 0 Å². The molecule has 0 rings (SSSR count). The smallest absolute Gasteiger partial charge is 0.408 e. The van der Waals surface area contributed by atoms with Crippen molar-refractivity contribution in [1.29, 1.82) is 0 Å². The molecule has 0 aromatic carbocycles. The Morgan fingerprint density at radius 1 is 1.21 bits per heavy atom. The van der Waals surface area contributed by atoms with Gasteiger partial charge < -0.3 is 15.2 Å². The number of alkyl halides is 2. The van der Waals surface area contributed by atoms with Gasteiger partial charge in [-0.15, -0.1) is 0 Å². The van der Waals surface area contributed by atoms with Gasteiger partial charge >= 0.3 is 12.1 Å². The number of carbonyl (C=O) groups is 2. The zero-order valence-corrected chi connectivity index (χ0v) is 11.8. The summed E-state index contributed by atoms with van der Waals surface area (Å²) in [5.41, 5.74) is -2.30. The van der Waals surface area contributed by atoms with Crippen molar-refractivity contribution in [3.05, 3.63) is 0 Å². The molecule has 0 fully saturated rings. The van der Waals surface area contributed by atoms with E-state index in [0.29, 0.717) is 0 Å². The number of carbonyl (C=O) groups excluding carboxylic acids is 1. The van der Waals surface area contributed by atoms with E-state index in [0.717, 1.165) is 0 Å². The molecule has 0 aromatic heterocycles. The Morgan fingerprint density at radius 3 is 2.00 bits per heavy atom. The van der Waals surface area contributed by atoms with Crippen molar-refractivity contribution in [3.63, 3.8) is 0 Å². The van der Waals surface area contributed by atoms with E-state index < -0.39 is 35.5 Å². The Balaban J connectivity index is 4.69. The van der Waals surface area contributed by atoms with Gasteiger partial charge in [0.25, 0.3) is 0 Å². The molecule has 0 heterocycles. The molecule has 0 unspecified atom stereocenters.